The molecule has 2 fully saturated rings. The molecule has 1 aromatic rings. The van der Waals surface area contributed by atoms with E-state index in [0.29, 0.717) is 30.6 Å². The van der Waals surface area contributed by atoms with Crippen LogP contribution in [0.4, 0.5) is 0 Å². The van der Waals surface area contributed by atoms with Gasteiger partial charge in [0, 0.05) is 20.0 Å². The van der Waals surface area contributed by atoms with Gasteiger partial charge < -0.3 is 45.5 Å². The number of benzene rings is 1. The number of cyclic esters (lactones) is 2. The Labute approximate surface area is 319 Å². The fraction of sp³-hybridized carbons (Fsp3) is 0.692. The minimum Gasteiger partial charge on any atom is -0.497 e. The zero-order valence-corrected chi connectivity index (χ0v) is 33.3. The number of nitrogens with one attached hydrogen (secondary N) is 2. The Morgan fingerprint density at radius 1 is 0.963 bits per heavy atom. The Hall–Kier alpha value is -4.24. The number of esters is 2. The maximum atomic E-state index is 14.3. The predicted molar refractivity (Wildman–Crippen MR) is 198 cm³/mol. The second-order valence-electron chi connectivity index (χ2n) is 15.5. The third kappa shape index (κ3) is 11.4. The van der Waals surface area contributed by atoms with E-state index in [9.17, 15) is 33.9 Å². The molecule has 3 rings (SSSR count). The molecule has 2 heterocycles. The summed E-state index contributed by atoms with van der Waals surface area (Å²) >= 11 is 0. The highest BCUT2D eigenvalue weighted by molar-refractivity contribution is 5.95. The summed E-state index contributed by atoms with van der Waals surface area (Å²) in [6.07, 6.45) is -2.54. The summed E-state index contributed by atoms with van der Waals surface area (Å²) in [4.78, 5) is 85.8. The lowest BCUT2D eigenvalue weighted by atomic mass is 9.92. The van der Waals surface area contributed by atoms with E-state index >= 15 is 0 Å². The summed E-state index contributed by atoms with van der Waals surface area (Å²) in [6.45, 7) is 12.7. The van der Waals surface area contributed by atoms with Crippen LogP contribution < -0.4 is 21.1 Å². The molecular weight excluding hydrogens is 698 g/mol. The lowest BCUT2D eigenvalue weighted by molar-refractivity contribution is -0.419. The van der Waals surface area contributed by atoms with Gasteiger partial charge in [0.25, 0.3) is 11.8 Å². The molecule has 0 bridgehead atoms. The van der Waals surface area contributed by atoms with E-state index in [0.717, 1.165) is 0 Å². The molecule has 0 radical (unpaired) electrons. The highest BCUT2D eigenvalue weighted by Gasteiger charge is 2.43. The van der Waals surface area contributed by atoms with Gasteiger partial charge in [0.15, 0.2) is 12.2 Å². The van der Waals surface area contributed by atoms with Crippen LogP contribution in [0.5, 0.6) is 5.75 Å². The first-order valence-corrected chi connectivity index (χ1v) is 19.1. The molecule has 54 heavy (non-hydrogen) atoms. The molecule has 302 valence electrons. The molecule has 0 aromatic heterocycles. The quantitative estimate of drug-likeness (QED) is 0.277. The third-order valence-corrected chi connectivity index (χ3v) is 10.5. The molecule has 0 unspecified atom stereocenters. The van der Waals surface area contributed by atoms with Gasteiger partial charge >= 0.3 is 11.9 Å². The van der Waals surface area contributed by atoms with E-state index in [1.165, 1.54) is 30.9 Å². The van der Waals surface area contributed by atoms with Crippen molar-refractivity contribution in [2.45, 2.75) is 136 Å². The molecular formula is C39H62N5O10+. The second-order valence-corrected chi connectivity index (χ2v) is 15.5. The van der Waals surface area contributed by atoms with Gasteiger partial charge in [0.05, 0.1) is 25.7 Å². The lowest BCUT2D eigenvalue weighted by Gasteiger charge is -2.34. The number of hydrogen-bond donors (Lipinski definition) is 4. The van der Waals surface area contributed by atoms with Crippen LogP contribution in [0, 0.1) is 17.8 Å². The Morgan fingerprint density at radius 2 is 1.61 bits per heavy atom. The average molecular weight is 761 g/mol. The molecule has 0 spiro atoms. The summed E-state index contributed by atoms with van der Waals surface area (Å²) in [5.74, 6) is -4.08. The van der Waals surface area contributed by atoms with Gasteiger partial charge in [-0.3, -0.25) is 24.0 Å². The van der Waals surface area contributed by atoms with Crippen LogP contribution in [0.15, 0.2) is 24.3 Å². The highest BCUT2D eigenvalue weighted by Crippen LogP contribution is 2.25. The Kier molecular flexibility index (Phi) is 16.3. The number of carbonyl (C=O) groups is 6. The van der Waals surface area contributed by atoms with Gasteiger partial charge in [-0.25, -0.2) is 4.79 Å². The van der Waals surface area contributed by atoms with Gasteiger partial charge in [-0.05, 0) is 61.6 Å². The number of likely N-dealkylation sites (N-methyl/N-ethyl adjacent to an activating group) is 1. The number of hydrogen-bond acceptors (Lipinski definition) is 10. The number of fused-ring (bicyclic) bond motifs is 1. The van der Waals surface area contributed by atoms with Gasteiger partial charge in [-0.1, -0.05) is 60.1 Å². The van der Waals surface area contributed by atoms with Crippen LogP contribution >= 0.6 is 0 Å². The summed E-state index contributed by atoms with van der Waals surface area (Å²) < 4.78 is 16.7. The summed E-state index contributed by atoms with van der Waals surface area (Å²) in [5, 5.41) is 16.8. The van der Waals surface area contributed by atoms with Gasteiger partial charge in [-0.15, -0.1) is 0 Å². The number of methoxy groups -OCH3 is 1. The molecule has 0 saturated carbocycles. The molecule has 2 aliphatic heterocycles. The molecule has 6 N–H and O–H groups in total. The van der Waals surface area contributed by atoms with Crippen LogP contribution in [0.25, 0.3) is 0 Å². The number of nitrogens with zero attached hydrogens (tertiary/aromatic N) is 2. The standard InChI is InChI=1S/C39H61N5O10/c1-10-23(6)33-30(45)20-31(46)54-34(22(4)5)36(48)41-27(18-21(2)3)37(49)44-17-11-12-28(44)38(50)43(8)29(19-25-13-15-26(52-9)16-14-25)39(51)53-24(7)32(40)35(47)42-33/h13-16,21-24,27-30,32-34,45H,10-12,17-20,40H2,1-9H3,(H,41,48)(H,42,47)/p+1/t23-,24+,27-,28-,29-,30-,32-,33+,34-/m0/s1. The van der Waals surface area contributed by atoms with Crippen molar-refractivity contribution in [3.63, 3.8) is 0 Å². The molecule has 15 heteroatoms. The normalized spacial score (nSPS) is 29.2. The minimum atomic E-state index is -1.39. The average Bonchev–Trinajstić information content (AvgIpc) is 3.62. The van der Waals surface area contributed by atoms with Gasteiger partial charge in [0.2, 0.25) is 17.9 Å². The molecule has 1 aromatic carbocycles. The van der Waals surface area contributed by atoms with Crippen LogP contribution in [0.1, 0.15) is 86.1 Å². The van der Waals surface area contributed by atoms with Crippen molar-refractivity contribution in [3.8, 4) is 5.75 Å². The first kappa shape index (κ1) is 44.2. The fourth-order valence-corrected chi connectivity index (χ4v) is 6.87. The van der Waals surface area contributed by atoms with Gasteiger partial charge in [-0.2, -0.15) is 0 Å². The first-order chi connectivity index (χ1) is 25.4. The lowest BCUT2D eigenvalue weighted by Crippen LogP contribution is -2.73. The van der Waals surface area contributed by atoms with Crippen molar-refractivity contribution in [3.05, 3.63) is 29.8 Å². The van der Waals surface area contributed by atoms with Crippen molar-refractivity contribution in [2.75, 3.05) is 20.7 Å². The maximum absolute atomic E-state index is 14.3. The Bertz CT molecular complexity index is 1470. The molecule has 9 atom stereocenters. The summed E-state index contributed by atoms with van der Waals surface area (Å²) in [5.41, 5.74) is 4.66. The molecule has 15 nitrogen and oxygen atoms in total. The van der Waals surface area contributed by atoms with Crippen molar-refractivity contribution in [1.82, 2.24) is 20.4 Å². The predicted octanol–water partition coefficient (Wildman–Crippen LogP) is 0.992. The van der Waals surface area contributed by atoms with E-state index in [1.54, 1.807) is 45.0 Å². The number of rotatable bonds is 8. The monoisotopic (exact) mass is 760 g/mol. The van der Waals surface area contributed by atoms with E-state index in [2.05, 4.69) is 16.4 Å². The van der Waals surface area contributed by atoms with E-state index < -0.39 is 96.4 Å². The zero-order chi connectivity index (χ0) is 40.4. The van der Waals surface area contributed by atoms with Crippen LogP contribution in [0.3, 0.4) is 0 Å². The van der Waals surface area contributed by atoms with E-state index in [1.807, 2.05) is 20.8 Å². The number of amides is 4. The van der Waals surface area contributed by atoms with Crippen LogP contribution in [-0.2, 0) is 44.7 Å². The number of ether oxygens (including phenoxy) is 3. The van der Waals surface area contributed by atoms with Crippen LogP contribution in [-0.4, -0.2) is 120 Å². The van der Waals surface area contributed by atoms with Crippen molar-refractivity contribution >= 4 is 35.6 Å². The van der Waals surface area contributed by atoms with Gasteiger partial charge in [0.1, 0.15) is 23.9 Å². The maximum Gasteiger partial charge on any atom is 0.329 e. The summed E-state index contributed by atoms with van der Waals surface area (Å²) in [6, 6.07) is 1.88. The molecule has 2 saturated heterocycles. The Balaban J connectivity index is 2.09. The SMILES string of the molecule is CC[C@H](C)[C@H]1NC(=O)[C@@H]([NH3+])[C@@H](C)OC(=O)[C@H](Cc2ccc(OC)cc2)N(C)C(=O)[C@@H]2CCCN2C(=O)[C@H](CC(C)C)NC(=O)[C@H](C(C)C)OC(=O)C[C@@H]1O. The number of quaternary nitrogens is 1. The van der Waals surface area contributed by atoms with Crippen molar-refractivity contribution in [2.24, 2.45) is 17.8 Å². The zero-order valence-electron chi connectivity index (χ0n) is 33.3. The number of carbonyl (C=O) groups excluding carboxylic acids is 6. The van der Waals surface area contributed by atoms with E-state index in [-0.39, 0.29) is 31.2 Å². The Morgan fingerprint density at radius 3 is 2.19 bits per heavy atom. The highest BCUT2D eigenvalue weighted by atomic mass is 16.6. The van der Waals surface area contributed by atoms with Crippen LogP contribution in [0.2, 0.25) is 0 Å². The molecule has 4 amide bonds. The van der Waals surface area contributed by atoms with E-state index in [4.69, 9.17) is 14.2 Å². The number of aliphatic hydroxyl groups is 1. The first-order valence-electron chi connectivity index (χ1n) is 19.1. The number of aliphatic hydroxyl groups excluding tert-OH is 1. The smallest absolute Gasteiger partial charge is 0.329 e. The largest absolute Gasteiger partial charge is 0.497 e. The molecule has 2 aliphatic rings. The molecule has 0 aliphatic carbocycles. The second kappa shape index (κ2) is 19.9. The van der Waals surface area contributed by atoms with Crippen molar-refractivity contribution < 1.29 is 53.8 Å². The minimum absolute atomic E-state index is 0.0291. The van der Waals surface area contributed by atoms with Crippen molar-refractivity contribution in [1.29, 1.82) is 0 Å². The third-order valence-electron chi connectivity index (χ3n) is 10.5. The topological polar surface area (TPSA) is 209 Å². The fourth-order valence-electron chi connectivity index (χ4n) is 6.87. The summed E-state index contributed by atoms with van der Waals surface area (Å²) in [7, 11) is 3.02.